The van der Waals surface area contributed by atoms with E-state index in [2.05, 4.69) is 0 Å². The third kappa shape index (κ3) is 4.45. The summed E-state index contributed by atoms with van der Waals surface area (Å²) in [6.45, 7) is 3.33. The van der Waals surface area contributed by atoms with E-state index in [-0.39, 0.29) is 23.7 Å². The topological polar surface area (TPSA) is 68.3 Å². The quantitative estimate of drug-likeness (QED) is 0.681. The van der Waals surface area contributed by atoms with Gasteiger partial charge in [0.15, 0.2) is 11.5 Å². The zero-order chi connectivity index (χ0) is 22.5. The summed E-state index contributed by atoms with van der Waals surface area (Å²) >= 11 is 0. The number of carbonyl (C=O) groups is 2. The summed E-state index contributed by atoms with van der Waals surface area (Å²) in [6.07, 6.45) is 0. The van der Waals surface area contributed by atoms with Crippen LogP contribution in [0.25, 0.3) is 0 Å². The van der Waals surface area contributed by atoms with Gasteiger partial charge in [-0.05, 0) is 36.8 Å². The molecule has 7 heteroatoms. The number of ether oxygens (including phenoxy) is 3. The molecule has 0 spiro atoms. The Morgan fingerprint density at radius 2 is 1.61 bits per heavy atom. The Bertz CT molecular complexity index is 906. The van der Waals surface area contributed by atoms with E-state index in [0.717, 1.165) is 5.56 Å². The van der Waals surface area contributed by atoms with Crippen LogP contribution in [0.15, 0.2) is 42.5 Å². The van der Waals surface area contributed by atoms with Crippen LogP contribution < -0.4 is 14.2 Å². The fourth-order valence-electron chi connectivity index (χ4n) is 4.08. The maximum atomic E-state index is 13.2. The van der Waals surface area contributed by atoms with E-state index in [1.807, 2.05) is 37.3 Å². The summed E-state index contributed by atoms with van der Waals surface area (Å²) in [5, 5.41) is 0. The van der Waals surface area contributed by atoms with Crippen LogP contribution in [-0.4, -0.2) is 69.6 Å². The Labute approximate surface area is 183 Å². The molecule has 0 unspecified atom stereocenters. The van der Waals surface area contributed by atoms with Crippen molar-refractivity contribution in [2.24, 2.45) is 5.92 Å². The van der Waals surface area contributed by atoms with Crippen molar-refractivity contribution in [1.29, 1.82) is 0 Å². The molecule has 2 aromatic rings. The van der Waals surface area contributed by atoms with Gasteiger partial charge in [-0.1, -0.05) is 18.2 Å². The van der Waals surface area contributed by atoms with Gasteiger partial charge in [0.1, 0.15) is 0 Å². The van der Waals surface area contributed by atoms with Crippen molar-refractivity contribution >= 4 is 11.8 Å². The SMILES string of the molecule is CCN(C)C(=O)[C@@H]1CN(C(=O)c2ccccc2)C[C@@H]1c1cc(OC)c(OC)c(OC)c1. The molecule has 0 saturated carbocycles. The first kappa shape index (κ1) is 22.5. The first-order valence-corrected chi connectivity index (χ1v) is 10.3. The number of benzene rings is 2. The summed E-state index contributed by atoms with van der Waals surface area (Å²) in [5.74, 6) is 0.942. The molecule has 1 fully saturated rings. The van der Waals surface area contributed by atoms with Crippen molar-refractivity contribution in [2.45, 2.75) is 12.8 Å². The summed E-state index contributed by atoms with van der Waals surface area (Å²) in [6, 6.07) is 12.9. The van der Waals surface area contributed by atoms with Crippen LogP contribution in [0.5, 0.6) is 17.2 Å². The van der Waals surface area contributed by atoms with Crippen LogP contribution in [0.4, 0.5) is 0 Å². The lowest BCUT2D eigenvalue weighted by atomic mass is 9.87. The van der Waals surface area contributed by atoms with E-state index < -0.39 is 0 Å². The molecule has 0 aromatic heterocycles. The van der Waals surface area contributed by atoms with Crippen molar-refractivity contribution < 1.29 is 23.8 Å². The summed E-state index contributed by atoms with van der Waals surface area (Å²) < 4.78 is 16.4. The van der Waals surface area contributed by atoms with Crippen LogP contribution in [0.1, 0.15) is 28.8 Å². The molecule has 2 aromatic carbocycles. The zero-order valence-electron chi connectivity index (χ0n) is 18.8. The van der Waals surface area contributed by atoms with E-state index in [0.29, 0.717) is 42.4 Å². The minimum Gasteiger partial charge on any atom is -0.493 e. The van der Waals surface area contributed by atoms with Crippen LogP contribution in [-0.2, 0) is 4.79 Å². The van der Waals surface area contributed by atoms with Gasteiger partial charge in [-0.25, -0.2) is 0 Å². The molecule has 2 amide bonds. The molecular weight excluding hydrogens is 396 g/mol. The lowest BCUT2D eigenvalue weighted by Gasteiger charge is -2.24. The van der Waals surface area contributed by atoms with Crippen LogP contribution in [0.2, 0.25) is 0 Å². The maximum Gasteiger partial charge on any atom is 0.253 e. The summed E-state index contributed by atoms with van der Waals surface area (Å²) in [5.41, 5.74) is 1.49. The smallest absolute Gasteiger partial charge is 0.253 e. The van der Waals surface area contributed by atoms with Crippen molar-refractivity contribution in [3.05, 3.63) is 53.6 Å². The minimum absolute atomic E-state index is 0.0182. The van der Waals surface area contributed by atoms with Gasteiger partial charge in [0.25, 0.3) is 5.91 Å². The standard InChI is InChI=1S/C24H30N2O5/c1-6-25(2)24(28)19-15-26(23(27)16-10-8-7-9-11-16)14-18(19)17-12-20(29-3)22(31-5)21(13-17)30-4/h7-13,18-19H,6,14-15H2,1-5H3/t18-,19-/m1/s1. The Morgan fingerprint density at radius 3 is 2.13 bits per heavy atom. The monoisotopic (exact) mass is 426 g/mol. The number of carbonyl (C=O) groups excluding carboxylic acids is 2. The van der Waals surface area contributed by atoms with Gasteiger partial charge < -0.3 is 24.0 Å². The predicted octanol–water partition coefficient (Wildman–Crippen LogP) is 3.05. The van der Waals surface area contributed by atoms with E-state index >= 15 is 0 Å². The minimum atomic E-state index is -0.361. The Kier molecular flexibility index (Phi) is 7.05. The molecule has 1 saturated heterocycles. The number of rotatable bonds is 7. The molecule has 166 valence electrons. The highest BCUT2D eigenvalue weighted by molar-refractivity contribution is 5.95. The van der Waals surface area contributed by atoms with Gasteiger partial charge in [0, 0.05) is 38.2 Å². The van der Waals surface area contributed by atoms with Crippen molar-refractivity contribution in [3.63, 3.8) is 0 Å². The lowest BCUT2D eigenvalue weighted by Crippen LogP contribution is -2.36. The predicted molar refractivity (Wildman–Crippen MR) is 118 cm³/mol. The summed E-state index contributed by atoms with van der Waals surface area (Å²) in [4.78, 5) is 29.8. The zero-order valence-corrected chi connectivity index (χ0v) is 18.8. The van der Waals surface area contributed by atoms with Crippen LogP contribution >= 0.6 is 0 Å². The molecule has 31 heavy (non-hydrogen) atoms. The fourth-order valence-corrected chi connectivity index (χ4v) is 4.08. The Morgan fingerprint density at radius 1 is 1.00 bits per heavy atom. The molecule has 1 aliphatic heterocycles. The first-order valence-electron chi connectivity index (χ1n) is 10.3. The first-order chi connectivity index (χ1) is 14.9. The van der Waals surface area contributed by atoms with E-state index in [4.69, 9.17) is 14.2 Å². The van der Waals surface area contributed by atoms with Gasteiger partial charge in [-0.2, -0.15) is 0 Å². The van der Waals surface area contributed by atoms with Gasteiger partial charge in [0.2, 0.25) is 11.7 Å². The second-order valence-corrected chi connectivity index (χ2v) is 7.60. The number of likely N-dealkylation sites (tertiary alicyclic amines) is 1. The fraction of sp³-hybridized carbons (Fsp3) is 0.417. The van der Waals surface area contributed by atoms with Crippen molar-refractivity contribution in [2.75, 3.05) is 48.0 Å². The highest BCUT2D eigenvalue weighted by atomic mass is 16.5. The third-order valence-electron chi connectivity index (χ3n) is 5.91. The number of methoxy groups -OCH3 is 3. The van der Waals surface area contributed by atoms with E-state index in [1.165, 1.54) is 0 Å². The second kappa shape index (κ2) is 9.73. The largest absolute Gasteiger partial charge is 0.493 e. The number of hydrogen-bond donors (Lipinski definition) is 0. The summed E-state index contributed by atoms with van der Waals surface area (Å²) in [7, 11) is 6.47. The third-order valence-corrected chi connectivity index (χ3v) is 5.91. The van der Waals surface area contributed by atoms with E-state index in [9.17, 15) is 9.59 Å². The van der Waals surface area contributed by atoms with Crippen LogP contribution in [0, 0.1) is 5.92 Å². The Balaban J connectivity index is 2.01. The molecule has 0 aliphatic carbocycles. The normalized spacial score (nSPS) is 17.9. The highest BCUT2D eigenvalue weighted by Gasteiger charge is 2.42. The van der Waals surface area contributed by atoms with Gasteiger partial charge in [0.05, 0.1) is 27.2 Å². The van der Waals surface area contributed by atoms with Crippen LogP contribution in [0.3, 0.4) is 0 Å². The average Bonchev–Trinajstić information content (AvgIpc) is 3.27. The molecule has 0 bridgehead atoms. The van der Waals surface area contributed by atoms with Gasteiger partial charge >= 0.3 is 0 Å². The number of amides is 2. The Hall–Kier alpha value is -3.22. The molecule has 2 atom stereocenters. The van der Waals surface area contributed by atoms with E-state index in [1.54, 1.807) is 50.3 Å². The van der Waals surface area contributed by atoms with Gasteiger partial charge in [-0.3, -0.25) is 9.59 Å². The van der Waals surface area contributed by atoms with Crippen molar-refractivity contribution in [1.82, 2.24) is 9.80 Å². The number of nitrogens with zero attached hydrogens (tertiary/aromatic N) is 2. The number of hydrogen-bond acceptors (Lipinski definition) is 5. The molecule has 0 radical (unpaired) electrons. The molecule has 3 rings (SSSR count). The maximum absolute atomic E-state index is 13.2. The van der Waals surface area contributed by atoms with Crippen molar-refractivity contribution in [3.8, 4) is 17.2 Å². The molecule has 7 nitrogen and oxygen atoms in total. The molecule has 1 aliphatic rings. The molecule has 1 heterocycles. The highest BCUT2D eigenvalue weighted by Crippen LogP contribution is 2.43. The second-order valence-electron chi connectivity index (χ2n) is 7.60. The van der Waals surface area contributed by atoms with Gasteiger partial charge in [-0.15, -0.1) is 0 Å². The molecular formula is C24H30N2O5. The lowest BCUT2D eigenvalue weighted by molar-refractivity contribution is -0.133. The molecule has 0 N–H and O–H groups in total. The average molecular weight is 427 g/mol.